The van der Waals surface area contributed by atoms with E-state index in [9.17, 15) is 0 Å². The average molecular weight is 346 g/mol. The predicted octanol–water partition coefficient (Wildman–Crippen LogP) is 5.35. The topological polar surface area (TPSA) is 12.0 Å². The van der Waals surface area contributed by atoms with Crippen LogP contribution in [0.5, 0.6) is 0 Å². The van der Waals surface area contributed by atoms with Gasteiger partial charge in [0, 0.05) is 10.5 Å². The molecule has 2 rings (SSSR count). The van der Waals surface area contributed by atoms with Gasteiger partial charge in [0.2, 0.25) is 0 Å². The highest BCUT2D eigenvalue weighted by molar-refractivity contribution is 9.10. The van der Waals surface area contributed by atoms with Crippen molar-refractivity contribution >= 4 is 15.9 Å². The molecule has 112 valence electrons. The molecule has 2 heteroatoms. The maximum Gasteiger partial charge on any atom is 0.0372 e. The van der Waals surface area contributed by atoms with Crippen molar-refractivity contribution in [3.8, 4) is 0 Å². The first-order valence-corrected chi connectivity index (χ1v) is 8.44. The fraction of sp³-hybridized carbons (Fsp3) is 0.368. The summed E-state index contributed by atoms with van der Waals surface area (Å²) < 4.78 is 1.20. The Kier molecular flexibility index (Phi) is 6.01. The van der Waals surface area contributed by atoms with Crippen LogP contribution in [0.3, 0.4) is 0 Å². The molecule has 1 unspecified atom stereocenters. The molecule has 1 N–H and O–H groups in total. The van der Waals surface area contributed by atoms with Crippen molar-refractivity contribution in [3.05, 3.63) is 69.2 Å². The van der Waals surface area contributed by atoms with Crippen LogP contribution >= 0.6 is 15.9 Å². The molecule has 1 atom stereocenters. The van der Waals surface area contributed by atoms with Crippen molar-refractivity contribution in [3.63, 3.8) is 0 Å². The highest BCUT2D eigenvalue weighted by atomic mass is 79.9. The van der Waals surface area contributed by atoms with E-state index in [0.717, 1.165) is 19.4 Å². The molecule has 21 heavy (non-hydrogen) atoms. The van der Waals surface area contributed by atoms with Crippen LogP contribution in [0.1, 0.15) is 41.6 Å². The normalized spacial score (nSPS) is 12.4. The fourth-order valence-corrected chi connectivity index (χ4v) is 3.37. The van der Waals surface area contributed by atoms with E-state index in [0.29, 0.717) is 6.04 Å². The van der Waals surface area contributed by atoms with Gasteiger partial charge >= 0.3 is 0 Å². The van der Waals surface area contributed by atoms with Gasteiger partial charge in [0.1, 0.15) is 0 Å². The van der Waals surface area contributed by atoms with E-state index in [-0.39, 0.29) is 0 Å². The summed E-state index contributed by atoms with van der Waals surface area (Å²) in [6, 6.07) is 15.8. The number of nitrogens with one attached hydrogen (secondary N) is 1. The minimum Gasteiger partial charge on any atom is -0.310 e. The van der Waals surface area contributed by atoms with Crippen LogP contribution < -0.4 is 5.32 Å². The summed E-state index contributed by atoms with van der Waals surface area (Å²) in [5.74, 6) is 0. The fourth-order valence-electron chi connectivity index (χ4n) is 2.60. The van der Waals surface area contributed by atoms with E-state index in [1.165, 1.54) is 26.7 Å². The third-order valence-electron chi connectivity index (χ3n) is 3.69. The third-order valence-corrected chi connectivity index (χ3v) is 4.38. The molecule has 2 aromatic rings. The minimum absolute atomic E-state index is 0.349. The highest BCUT2D eigenvalue weighted by Gasteiger charge is 2.14. The van der Waals surface area contributed by atoms with Crippen molar-refractivity contribution in [2.75, 3.05) is 6.54 Å². The van der Waals surface area contributed by atoms with Crippen molar-refractivity contribution in [2.24, 2.45) is 0 Å². The van der Waals surface area contributed by atoms with Gasteiger partial charge in [-0.05, 0) is 56.0 Å². The van der Waals surface area contributed by atoms with Gasteiger partial charge in [-0.15, -0.1) is 0 Å². The Bertz CT molecular complexity index is 592. The van der Waals surface area contributed by atoms with Crippen molar-refractivity contribution < 1.29 is 0 Å². The molecule has 0 amide bonds. The summed E-state index contributed by atoms with van der Waals surface area (Å²) in [4.78, 5) is 0. The van der Waals surface area contributed by atoms with Gasteiger partial charge in [0.05, 0.1) is 0 Å². The van der Waals surface area contributed by atoms with Gasteiger partial charge in [-0.2, -0.15) is 0 Å². The number of hydrogen-bond donors (Lipinski definition) is 1. The Morgan fingerprint density at radius 2 is 1.81 bits per heavy atom. The van der Waals surface area contributed by atoms with Crippen molar-refractivity contribution in [1.29, 1.82) is 0 Å². The summed E-state index contributed by atoms with van der Waals surface area (Å²) in [6.45, 7) is 7.53. The first-order valence-electron chi connectivity index (χ1n) is 7.65. The van der Waals surface area contributed by atoms with Gasteiger partial charge in [-0.1, -0.05) is 64.8 Å². The van der Waals surface area contributed by atoms with Gasteiger partial charge in [-0.3, -0.25) is 0 Å². The second kappa shape index (κ2) is 7.77. The molecule has 0 saturated heterocycles. The van der Waals surface area contributed by atoms with Gasteiger partial charge in [0.25, 0.3) is 0 Å². The van der Waals surface area contributed by atoms with Crippen LogP contribution in [0, 0.1) is 13.8 Å². The van der Waals surface area contributed by atoms with Crippen LogP contribution in [0.4, 0.5) is 0 Å². The highest BCUT2D eigenvalue weighted by Crippen LogP contribution is 2.27. The summed E-state index contributed by atoms with van der Waals surface area (Å²) in [7, 11) is 0. The number of rotatable bonds is 6. The smallest absolute Gasteiger partial charge is 0.0372 e. The molecule has 0 fully saturated rings. The maximum absolute atomic E-state index is 3.73. The lowest BCUT2D eigenvalue weighted by Crippen LogP contribution is -2.24. The lowest BCUT2D eigenvalue weighted by molar-refractivity contribution is 0.527. The summed E-state index contributed by atoms with van der Waals surface area (Å²) in [5.41, 5.74) is 5.34. The number of benzene rings is 2. The maximum atomic E-state index is 3.73. The van der Waals surface area contributed by atoms with E-state index >= 15 is 0 Å². The monoisotopic (exact) mass is 345 g/mol. The number of halogens is 1. The second-order valence-corrected chi connectivity index (χ2v) is 6.58. The van der Waals surface area contributed by atoms with Crippen LogP contribution in [-0.2, 0) is 6.42 Å². The molecule has 1 nitrogen and oxygen atoms in total. The Balaban J connectivity index is 2.25. The first-order chi connectivity index (χ1) is 10.1. The molecule has 0 bridgehead atoms. The molecule has 0 radical (unpaired) electrons. The first kappa shape index (κ1) is 16.3. The van der Waals surface area contributed by atoms with Crippen LogP contribution in [0.15, 0.2) is 46.9 Å². The Morgan fingerprint density at radius 3 is 2.48 bits per heavy atom. The molecule has 2 aromatic carbocycles. The molecule has 0 aliphatic carbocycles. The third kappa shape index (κ3) is 4.69. The molecule has 0 aliphatic heterocycles. The Labute approximate surface area is 136 Å². The Hall–Kier alpha value is -1.12. The van der Waals surface area contributed by atoms with Crippen LogP contribution in [-0.4, -0.2) is 6.54 Å². The zero-order chi connectivity index (χ0) is 15.2. The molecule has 0 spiro atoms. The van der Waals surface area contributed by atoms with Crippen molar-refractivity contribution in [2.45, 2.75) is 39.7 Å². The average Bonchev–Trinajstić information content (AvgIpc) is 2.44. The molecular weight excluding hydrogens is 322 g/mol. The van der Waals surface area contributed by atoms with E-state index in [1.54, 1.807) is 0 Å². The van der Waals surface area contributed by atoms with Gasteiger partial charge < -0.3 is 5.32 Å². The summed E-state index contributed by atoms with van der Waals surface area (Å²) >= 11 is 3.73. The lowest BCUT2D eigenvalue weighted by atomic mass is 9.97. The van der Waals surface area contributed by atoms with Crippen LogP contribution in [0.2, 0.25) is 0 Å². The number of aryl methyl sites for hydroxylation is 2. The second-order valence-electron chi connectivity index (χ2n) is 5.72. The standard InChI is InChI=1S/C19H24BrN/c1-4-10-21-19(13-16-7-5-6-14(2)11-16)17-9-8-15(3)12-18(17)20/h5-9,11-12,19,21H,4,10,13H2,1-3H3. The Morgan fingerprint density at radius 1 is 1.05 bits per heavy atom. The minimum atomic E-state index is 0.349. The zero-order valence-corrected chi connectivity index (χ0v) is 14.7. The lowest BCUT2D eigenvalue weighted by Gasteiger charge is -2.21. The predicted molar refractivity (Wildman–Crippen MR) is 94.8 cm³/mol. The molecule has 0 saturated carbocycles. The van der Waals surface area contributed by atoms with E-state index in [4.69, 9.17) is 0 Å². The van der Waals surface area contributed by atoms with Crippen molar-refractivity contribution in [1.82, 2.24) is 5.32 Å². The number of hydrogen-bond acceptors (Lipinski definition) is 1. The summed E-state index contributed by atoms with van der Waals surface area (Å²) in [6.07, 6.45) is 2.16. The summed E-state index contributed by atoms with van der Waals surface area (Å²) in [5, 5.41) is 3.68. The zero-order valence-electron chi connectivity index (χ0n) is 13.1. The van der Waals surface area contributed by atoms with E-state index in [2.05, 4.69) is 84.5 Å². The van der Waals surface area contributed by atoms with Gasteiger partial charge in [0.15, 0.2) is 0 Å². The van der Waals surface area contributed by atoms with E-state index < -0.39 is 0 Å². The van der Waals surface area contributed by atoms with Gasteiger partial charge in [-0.25, -0.2) is 0 Å². The van der Waals surface area contributed by atoms with E-state index in [1.807, 2.05) is 0 Å². The molecule has 0 aliphatic rings. The quantitative estimate of drug-likeness (QED) is 0.743. The van der Waals surface area contributed by atoms with Crippen LogP contribution in [0.25, 0.3) is 0 Å². The molecule has 0 aromatic heterocycles. The molecular formula is C19H24BrN. The largest absolute Gasteiger partial charge is 0.310 e. The SMILES string of the molecule is CCCNC(Cc1cccc(C)c1)c1ccc(C)cc1Br. The molecule has 0 heterocycles.